The van der Waals surface area contributed by atoms with Crippen LogP contribution in [0.3, 0.4) is 0 Å². The normalized spacial score (nSPS) is 14.6. The molecular formula is C37H65NO8P+. The van der Waals surface area contributed by atoms with Gasteiger partial charge >= 0.3 is 19.8 Å². The van der Waals surface area contributed by atoms with Crippen molar-refractivity contribution in [2.45, 2.75) is 116 Å². The van der Waals surface area contributed by atoms with Crippen molar-refractivity contribution in [1.29, 1.82) is 0 Å². The quantitative estimate of drug-likeness (QED) is 0.0263. The van der Waals surface area contributed by atoms with Gasteiger partial charge in [-0.05, 0) is 57.8 Å². The average Bonchev–Trinajstić information content (AvgIpc) is 3.01. The molecule has 0 spiro atoms. The minimum absolute atomic E-state index is 0.0150. The van der Waals surface area contributed by atoms with Crippen LogP contribution in [0.5, 0.6) is 0 Å². The van der Waals surface area contributed by atoms with Crippen molar-refractivity contribution in [1.82, 2.24) is 0 Å². The van der Waals surface area contributed by atoms with Crippen molar-refractivity contribution in [2.24, 2.45) is 0 Å². The van der Waals surface area contributed by atoms with Gasteiger partial charge in [0.15, 0.2) is 6.10 Å². The number of phosphoric acid groups is 1. The first-order valence-electron chi connectivity index (χ1n) is 17.5. The minimum atomic E-state index is -4.38. The number of hydrogen-bond donors (Lipinski definition) is 1. The van der Waals surface area contributed by atoms with E-state index in [1.807, 2.05) is 33.3 Å². The van der Waals surface area contributed by atoms with Crippen LogP contribution in [0.25, 0.3) is 0 Å². The highest BCUT2D eigenvalue weighted by Crippen LogP contribution is 2.43. The zero-order valence-electron chi connectivity index (χ0n) is 30.0. The third kappa shape index (κ3) is 33.4. The Labute approximate surface area is 286 Å². The Morgan fingerprint density at radius 2 is 1.26 bits per heavy atom. The molecule has 0 aliphatic carbocycles. The Hall–Kier alpha value is -2.29. The van der Waals surface area contributed by atoms with Crippen LogP contribution in [-0.4, -0.2) is 74.9 Å². The van der Waals surface area contributed by atoms with Crippen LogP contribution in [0.2, 0.25) is 0 Å². The lowest BCUT2D eigenvalue weighted by Gasteiger charge is -2.24. The maximum atomic E-state index is 12.5. The number of quaternary nitrogens is 1. The van der Waals surface area contributed by atoms with E-state index in [4.69, 9.17) is 18.5 Å². The van der Waals surface area contributed by atoms with Gasteiger partial charge in [0.25, 0.3) is 0 Å². The lowest BCUT2D eigenvalue weighted by molar-refractivity contribution is -0.870. The predicted octanol–water partition coefficient (Wildman–Crippen LogP) is 8.95. The second kappa shape index (κ2) is 29.8. The van der Waals surface area contributed by atoms with Crippen molar-refractivity contribution in [3.8, 4) is 0 Å². The first-order valence-corrected chi connectivity index (χ1v) is 19.0. The van der Waals surface area contributed by atoms with Crippen molar-refractivity contribution in [3.05, 3.63) is 60.8 Å². The van der Waals surface area contributed by atoms with Gasteiger partial charge in [-0.3, -0.25) is 18.6 Å². The first kappa shape index (κ1) is 44.7. The lowest BCUT2D eigenvalue weighted by Crippen LogP contribution is -2.37. The summed E-state index contributed by atoms with van der Waals surface area (Å²) in [6.45, 7) is 4.10. The van der Waals surface area contributed by atoms with E-state index in [2.05, 4.69) is 62.5 Å². The maximum Gasteiger partial charge on any atom is 0.472 e. The molecule has 0 fully saturated rings. The smallest absolute Gasteiger partial charge is 0.462 e. The number of carbonyl (C=O) groups excluding carboxylic acids is 2. The molecule has 0 aromatic rings. The highest BCUT2D eigenvalue weighted by atomic mass is 31.2. The number of unbranched alkanes of at least 4 members (excludes halogenated alkanes) is 6. The van der Waals surface area contributed by atoms with Crippen LogP contribution in [0.4, 0.5) is 0 Å². The van der Waals surface area contributed by atoms with E-state index in [9.17, 15) is 19.0 Å². The summed E-state index contributed by atoms with van der Waals surface area (Å²) in [5, 5.41) is 0. The Balaban J connectivity index is 4.64. The molecule has 0 amide bonds. The molecule has 0 radical (unpaired) electrons. The molecule has 0 aliphatic heterocycles. The summed E-state index contributed by atoms with van der Waals surface area (Å²) in [6.07, 6.45) is 33.0. The van der Waals surface area contributed by atoms with Gasteiger partial charge in [-0.1, -0.05) is 100 Å². The van der Waals surface area contributed by atoms with Crippen molar-refractivity contribution >= 4 is 19.8 Å². The van der Waals surface area contributed by atoms with Crippen molar-refractivity contribution in [2.75, 3.05) is 47.5 Å². The molecule has 270 valence electrons. The number of hydrogen-bond acceptors (Lipinski definition) is 7. The molecular weight excluding hydrogens is 617 g/mol. The van der Waals surface area contributed by atoms with Gasteiger partial charge in [0.1, 0.15) is 19.8 Å². The van der Waals surface area contributed by atoms with Crippen LogP contribution >= 0.6 is 7.82 Å². The number of nitrogens with zero attached hydrogens (tertiary/aromatic N) is 1. The van der Waals surface area contributed by atoms with Gasteiger partial charge in [0.2, 0.25) is 0 Å². The predicted molar refractivity (Wildman–Crippen MR) is 192 cm³/mol. The summed E-state index contributed by atoms with van der Waals surface area (Å²) in [5.41, 5.74) is 0. The number of ether oxygens (including phenoxy) is 2. The number of carbonyl (C=O) groups is 2. The summed E-state index contributed by atoms with van der Waals surface area (Å²) in [6, 6.07) is 0. The highest BCUT2D eigenvalue weighted by Gasteiger charge is 2.27. The molecule has 1 N–H and O–H groups in total. The molecule has 0 saturated heterocycles. The van der Waals surface area contributed by atoms with Crippen LogP contribution < -0.4 is 0 Å². The molecule has 0 aliphatic rings. The molecule has 0 aromatic heterocycles. The Morgan fingerprint density at radius 1 is 0.681 bits per heavy atom. The standard InChI is InChI=1S/C37H64NO8P/c1-6-8-10-12-14-16-18-19-20-22-24-26-28-30-37(40)46-35(34-45-47(41,42)44-32-31-38(3,4)5)33-43-36(39)29-27-25-23-21-17-15-13-11-9-7-2/h8,10-11,13-14,16,19-20,24,26,35H,6-7,9,12,15,17-18,21-23,25,27-34H2,1-5H3/p+1/b10-8-,13-11-,16-14-,20-19-,26-24-. The van der Waals surface area contributed by atoms with E-state index in [0.717, 1.165) is 64.2 Å². The average molecular weight is 683 g/mol. The topological polar surface area (TPSA) is 108 Å². The minimum Gasteiger partial charge on any atom is -0.462 e. The molecule has 0 rings (SSSR count). The van der Waals surface area contributed by atoms with Crippen LogP contribution in [0.1, 0.15) is 110 Å². The van der Waals surface area contributed by atoms with Crippen molar-refractivity contribution < 1.29 is 42.1 Å². The number of likely N-dealkylation sites (N-methyl/N-ethyl adjacent to an activating group) is 1. The fourth-order valence-corrected chi connectivity index (χ4v) is 4.77. The van der Waals surface area contributed by atoms with E-state index >= 15 is 0 Å². The molecule has 2 atom stereocenters. The second-order valence-electron chi connectivity index (χ2n) is 12.5. The molecule has 0 heterocycles. The number of rotatable bonds is 30. The summed E-state index contributed by atoms with van der Waals surface area (Å²) in [7, 11) is 1.41. The SMILES string of the molecule is CC/C=C\C/C=C\C/C=C\C/C=C\CCC(=O)OC(COC(=O)CCCCCCC/C=C\CCC)COP(=O)(O)OCC[N+](C)(C)C. The van der Waals surface area contributed by atoms with Gasteiger partial charge in [-0.2, -0.15) is 0 Å². The summed E-state index contributed by atoms with van der Waals surface area (Å²) in [4.78, 5) is 35.0. The molecule has 9 nitrogen and oxygen atoms in total. The third-order valence-electron chi connectivity index (χ3n) is 6.78. The largest absolute Gasteiger partial charge is 0.472 e. The van der Waals surface area contributed by atoms with Crippen LogP contribution in [0.15, 0.2) is 60.8 Å². The summed E-state index contributed by atoms with van der Waals surface area (Å²) >= 11 is 0. The first-order chi connectivity index (χ1) is 22.5. The fourth-order valence-electron chi connectivity index (χ4n) is 4.03. The highest BCUT2D eigenvalue weighted by molar-refractivity contribution is 7.47. The number of phosphoric ester groups is 1. The van der Waals surface area contributed by atoms with Gasteiger partial charge < -0.3 is 18.9 Å². The lowest BCUT2D eigenvalue weighted by atomic mass is 10.1. The van der Waals surface area contributed by atoms with Gasteiger partial charge in [0.05, 0.1) is 27.7 Å². The Bertz CT molecular complexity index is 997. The van der Waals surface area contributed by atoms with E-state index in [1.54, 1.807) is 0 Å². The van der Waals surface area contributed by atoms with Crippen LogP contribution in [-0.2, 0) is 32.7 Å². The summed E-state index contributed by atoms with van der Waals surface area (Å²) < 4.78 is 33.9. The number of esters is 2. The van der Waals surface area contributed by atoms with Gasteiger partial charge in [-0.25, -0.2) is 4.57 Å². The molecule has 0 bridgehead atoms. The Kier molecular flexibility index (Phi) is 28.4. The van der Waals surface area contributed by atoms with Crippen molar-refractivity contribution in [3.63, 3.8) is 0 Å². The zero-order chi connectivity index (χ0) is 35.1. The van der Waals surface area contributed by atoms with E-state index in [-0.39, 0.29) is 26.1 Å². The molecule has 2 unspecified atom stereocenters. The monoisotopic (exact) mass is 682 g/mol. The third-order valence-corrected chi connectivity index (χ3v) is 7.76. The van der Waals surface area contributed by atoms with Gasteiger partial charge in [0, 0.05) is 12.8 Å². The second-order valence-corrected chi connectivity index (χ2v) is 14.0. The maximum absolute atomic E-state index is 12.5. The summed E-state index contributed by atoms with van der Waals surface area (Å²) in [5.74, 6) is -0.917. The Morgan fingerprint density at radius 3 is 1.89 bits per heavy atom. The van der Waals surface area contributed by atoms with Gasteiger partial charge in [-0.15, -0.1) is 0 Å². The molecule has 0 aromatic carbocycles. The molecule has 47 heavy (non-hydrogen) atoms. The van der Waals surface area contributed by atoms with Crippen LogP contribution in [0, 0.1) is 0 Å². The van der Waals surface area contributed by atoms with E-state index in [0.29, 0.717) is 23.9 Å². The van der Waals surface area contributed by atoms with E-state index < -0.39 is 32.5 Å². The molecule has 10 heteroatoms. The van der Waals surface area contributed by atoms with E-state index in [1.165, 1.54) is 6.42 Å². The number of allylic oxidation sites excluding steroid dienone is 10. The molecule has 0 saturated carbocycles. The zero-order valence-corrected chi connectivity index (χ0v) is 30.9. The fraction of sp³-hybridized carbons (Fsp3) is 0.676.